The van der Waals surface area contributed by atoms with E-state index in [0.717, 1.165) is 12.2 Å². The van der Waals surface area contributed by atoms with Gasteiger partial charge >= 0.3 is 11.9 Å². The van der Waals surface area contributed by atoms with Crippen LogP contribution in [0.25, 0.3) is 0 Å². The first-order valence-electron chi connectivity index (χ1n) is 12.7. The maximum atomic E-state index is 12.7. The molecule has 2 heterocycles. The Kier molecular flexibility index (Phi) is 10.7. The van der Waals surface area contributed by atoms with Gasteiger partial charge in [0.1, 0.15) is 13.2 Å². The van der Waals surface area contributed by atoms with Crippen molar-refractivity contribution in [3.8, 4) is 0 Å². The zero-order valence-corrected chi connectivity index (χ0v) is 23.3. The molecule has 0 atom stereocenters. The molecule has 0 radical (unpaired) electrons. The first-order valence-corrected chi connectivity index (χ1v) is 12.7. The summed E-state index contributed by atoms with van der Waals surface area (Å²) in [5, 5.41) is 0. The second-order valence-electron chi connectivity index (χ2n) is 11.2. The van der Waals surface area contributed by atoms with Gasteiger partial charge in [0.15, 0.2) is 0 Å². The molecule has 2 saturated heterocycles. The minimum Gasteiger partial charge on any atom is -0.461 e. The molecule has 2 aliphatic rings. The van der Waals surface area contributed by atoms with Gasteiger partial charge in [-0.2, -0.15) is 0 Å². The Bertz CT molecular complexity index is 882. The third kappa shape index (κ3) is 8.73. The van der Waals surface area contributed by atoms with Crippen LogP contribution in [0.2, 0.25) is 0 Å². The Morgan fingerprint density at radius 3 is 1.16 bits per heavy atom. The average Bonchev–Trinajstić information content (AvgIpc) is 2.88. The number of piperazine rings is 2. The van der Waals surface area contributed by atoms with Crippen molar-refractivity contribution < 1.29 is 38.2 Å². The predicted octanol–water partition coefficient (Wildman–Crippen LogP) is -0.632. The van der Waals surface area contributed by atoms with E-state index in [2.05, 4.69) is 9.80 Å². The molecule has 12 nitrogen and oxygen atoms in total. The van der Waals surface area contributed by atoms with Gasteiger partial charge in [-0.3, -0.25) is 19.2 Å². The van der Waals surface area contributed by atoms with Gasteiger partial charge in [0.25, 0.3) is 11.8 Å². The van der Waals surface area contributed by atoms with Gasteiger partial charge in [-0.1, -0.05) is 0 Å². The molecule has 0 aromatic rings. The molecule has 0 aliphatic carbocycles. The third-order valence-electron chi connectivity index (χ3n) is 6.70. The highest BCUT2D eigenvalue weighted by atomic mass is 16.5. The number of hydrogen-bond donors (Lipinski definition) is 0. The highest BCUT2D eigenvalue weighted by Gasteiger charge is 2.38. The highest BCUT2D eigenvalue weighted by molar-refractivity contribution is 6.38. The number of Topliss-reactive ketones (excluding diaryl/α,β-unsaturated/α-hetero) is 2. The van der Waals surface area contributed by atoms with E-state index in [1.165, 1.54) is 37.5 Å². The van der Waals surface area contributed by atoms with Crippen molar-refractivity contribution in [2.24, 2.45) is 10.8 Å². The molecule has 0 spiro atoms. The van der Waals surface area contributed by atoms with Crippen LogP contribution in [0.5, 0.6) is 0 Å². The van der Waals surface area contributed by atoms with Crippen molar-refractivity contribution in [1.29, 1.82) is 0 Å². The Morgan fingerprint density at radius 1 is 0.579 bits per heavy atom. The summed E-state index contributed by atoms with van der Waals surface area (Å²) < 4.78 is 10.2. The zero-order valence-electron chi connectivity index (χ0n) is 23.3. The number of esters is 2. The van der Waals surface area contributed by atoms with Crippen LogP contribution < -0.4 is 0 Å². The number of nitrogens with zero attached hydrogens (tertiary/aromatic N) is 4. The molecule has 0 unspecified atom stereocenters. The summed E-state index contributed by atoms with van der Waals surface area (Å²) >= 11 is 0. The Morgan fingerprint density at radius 2 is 0.868 bits per heavy atom. The number of carbonyl (C=O) groups is 6. The number of ether oxygens (including phenoxy) is 2. The Balaban J connectivity index is 1.79. The van der Waals surface area contributed by atoms with Crippen molar-refractivity contribution in [2.45, 2.75) is 27.7 Å². The lowest BCUT2D eigenvalue weighted by atomic mass is 9.88. The molecule has 12 heteroatoms. The largest absolute Gasteiger partial charge is 0.461 e. The fourth-order valence-corrected chi connectivity index (χ4v) is 3.75. The predicted molar refractivity (Wildman–Crippen MR) is 137 cm³/mol. The molecule has 212 valence electrons. The Labute approximate surface area is 223 Å². The molecule has 2 rings (SSSR count). The maximum absolute atomic E-state index is 12.7. The van der Waals surface area contributed by atoms with Gasteiger partial charge in [0, 0.05) is 64.5 Å². The molecular weight excluding hydrogens is 496 g/mol. The summed E-state index contributed by atoms with van der Waals surface area (Å²) in [4.78, 5) is 81.7. The van der Waals surface area contributed by atoms with Gasteiger partial charge in [0.05, 0.1) is 10.8 Å². The fourth-order valence-electron chi connectivity index (χ4n) is 3.75. The monoisotopic (exact) mass is 536 g/mol. The molecule has 0 bridgehead atoms. The van der Waals surface area contributed by atoms with Crippen LogP contribution in [-0.4, -0.2) is 135 Å². The number of ketones is 2. The van der Waals surface area contributed by atoms with Crippen molar-refractivity contribution >= 4 is 35.3 Å². The standard InChI is InChI=1S/C26H40N4O8/c1-25(2,21(33)23(35)29-13-9-27(5)10-14-29)17-37-19(31)7-8-20(32)38-18-26(3,4)22(34)24(36)30-15-11-28(6)12-16-30/h7-8H,9-18H2,1-6H3/b8-7+. The van der Waals surface area contributed by atoms with Crippen LogP contribution in [0.3, 0.4) is 0 Å². The van der Waals surface area contributed by atoms with E-state index in [0.29, 0.717) is 52.4 Å². The lowest BCUT2D eigenvalue weighted by Gasteiger charge is -2.33. The molecule has 2 amide bonds. The van der Waals surface area contributed by atoms with Crippen LogP contribution >= 0.6 is 0 Å². The molecule has 38 heavy (non-hydrogen) atoms. The lowest BCUT2D eigenvalue weighted by molar-refractivity contribution is -0.155. The molecule has 0 saturated carbocycles. The van der Waals surface area contributed by atoms with E-state index in [4.69, 9.17) is 9.47 Å². The molecule has 2 fully saturated rings. The molecule has 0 N–H and O–H groups in total. The molecule has 2 aliphatic heterocycles. The van der Waals surface area contributed by atoms with Crippen LogP contribution in [0, 0.1) is 10.8 Å². The summed E-state index contributed by atoms with van der Waals surface area (Å²) in [5.41, 5.74) is -2.49. The van der Waals surface area contributed by atoms with E-state index < -0.39 is 46.1 Å². The first-order chi connectivity index (χ1) is 17.6. The molecular formula is C26H40N4O8. The number of likely N-dealkylation sites (N-methyl/N-ethyl adjacent to an activating group) is 2. The normalized spacial score (nSPS) is 17.8. The minimum atomic E-state index is -1.24. The summed E-state index contributed by atoms with van der Waals surface area (Å²) in [6.07, 6.45) is 1.69. The zero-order chi connectivity index (χ0) is 28.7. The van der Waals surface area contributed by atoms with Crippen LogP contribution in [0.1, 0.15) is 27.7 Å². The van der Waals surface area contributed by atoms with Crippen molar-refractivity contribution in [3.05, 3.63) is 12.2 Å². The quantitative estimate of drug-likeness (QED) is 0.202. The summed E-state index contributed by atoms with van der Waals surface area (Å²) in [6, 6.07) is 0. The van der Waals surface area contributed by atoms with Gasteiger partial charge in [0.2, 0.25) is 11.6 Å². The smallest absolute Gasteiger partial charge is 0.331 e. The summed E-state index contributed by atoms with van der Waals surface area (Å²) in [6.45, 7) is 9.85. The van der Waals surface area contributed by atoms with Crippen LogP contribution in [0.15, 0.2) is 12.2 Å². The summed E-state index contributed by atoms with van der Waals surface area (Å²) in [7, 11) is 3.88. The van der Waals surface area contributed by atoms with Gasteiger partial charge in [-0.15, -0.1) is 0 Å². The topological polar surface area (TPSA) is 134 Å². The van der Waals surface area contributed by atoms with E-state index in [1.807, 2.05) is 14.1 Å². The van der Waals surface area contributed by atoms with Crippen LogP contribution in [-0.2, 0) is 38.2 Å². The minimum absolute atomic E-state index is 0.348. The van der Waals surface area contributed by atoms with E-state index in [-0.39, 0.29) is 13.2 Å². The van der Waals surface area contributed by atoms with Crippen molar-refractivity contribution in [1.82, 2.24) is 19.6 Å². The van der Waals surface area contributed by atoms with E-state index in [1.54, 1.807) is 0 Å². The highest BCUT2D eigenvalue weighted by Crippen LogP contribution is 2.21. The Hall–Kier alpha value is -3.12. The number of hydrogen-bond acceptors (Lipinski definition) is 10. The number of rotatable bonds is 10. The second kappa shape index (κ2) is 13.1. The van der Waals surface area contributed by atoms with Gasteiger partial charge in [-0.25, -0.2) is 9.59 Å². The van der Waals surface area contributed by atoms with Gasteiger partial charge in [-0.05, 0) is 41.8 Å². The SMILES string of the molecule is CN1CCN(C(=O)C(=O)C(C)(C)COC(=O)/C=C/C(=O)OCC(C)(C)C(=O)C(=O)N2CCN(C)CC2)CC1. The average molecular weight is 537 g/mol. The van der Waals surface area contributed by atoms with Crippen molar-refractivity contribution in [3.63, 3.8) is 0 Å². The van der Waals surface area contributed by atoms with Crippen molar-refractivity contribution in [2.75, 3.05) is 79.7 Å². The molecule has 0 aromatic heterocycles. The van der Waals surface area contributed by atoms with E-state index in [9.17, 15) is 28.8 Å². The van der Waals surface area contributed by atoms with E-state index >= 15 is 0 Å². The third-order valence-corrected chi connectivity index (χ3v) is 6.70. The fraction of sp³-hybridized carbons (Fsp3) is 0.692. The number of carbonyl (C=O) groups excluding carboxylic acids is 6. The molecule has 0 aromatic carbocycles. The maximum Gasteiger partial charge on any atom is 0.331 e. The lowest BCUT2D eigenvalue weighted by Crippen LogP contribution is -2.52. The first kappa shape index (κ1) is 31.1. The summed E-state index contributed by atoms with van der Waals surface area (Å²) in [5.74, 6) is -4.32. The number of amides is 2. The van der Waals surface area contributed by atoms with Gasteiger partial charge < -0.3 is 29.1 Å². The van der Waals surface area contributed by atoms with Crippen LogP contribution in [0.4, 0.5) is 0 Å². The second-order valence-corrected chi connectivity index (χ2v) is 11.2.